The number of hydrogen-bond acceptors (Lipinski definition) is 4. The summed E-state index contributed by atoms with van der Waals surface area (Å²) in [6.45, 7) is 9.35. The van der Waals surface area contributed by atoms with Crippen LogP contribution in [-0.4, -0.2) is 45.9 Å². The number of carbonyl (C=O) groups is 1. The van der Waals surface area contributed by atoms with Crippen LogP contribution in [0.5, 0.6) is 0 Å². The Labute approximate surface area is 179 Å². The molecule has 1 amide bonds. The molecule has 3 heterocycles. The van der Waals surface area contributed by atoms with Crippen LogP contribution in [0.4, 0.5) is 5.82 Å². The zero-order chi connectivity index (χ0) is 21.5. The molecule has 6 nitrogen and oxygen atoms in total. The van der Waals surface area contributed by atoms with E-state index < -0.39 is 0 Å². The molecule has 2 aliphatic rings. The van der Waals surface area contributed by atoms with E-state index in [4.69, 9.17) is 4.74 Å². The molecule has 2 aromatic rings. The Bertz CT molecular complexity index is 901. The van der Waals surface area contributed by atoms with Crippen LogP contribution in [0.2, 0.25) is 0 Å². The molecular formula is C24H34N4O2. The molecule has 0 saturated carbocycles. The minimum Gasteiger partial charge on any atom is -0.380 e. The van der Waals surface area contributed by atoms with Gasteiger partial charge in [-0.05, 0) is 45.1 Å². The Balaban J connectivity index is 1.71. The Morgan fingerprint density at radius 1 is 1.20 bits per heavy atom. The summed E-state index contributed by atoms with van der Waals surface area (Å²) in [6.07, 6.45) is 5.46. The molecule has 0 bridgehead atoms. The van der Waals surface area contributed by atoms with Gasteiger partial charge in [-0.2, -0.15) is 5.10 Å². The van der Waals surface area contributed by atoms with Crippen molar-refractivity contribution >= 4 is 11.7 Å². The number of nitrogens with one attached hydrogen (secondary N) is 1. The van der Waals surface area contributed by atoms with Gasteiger partial charge in [-0.1, -0.05) is 44.2 Å². The normalized spacial score (nSPS) is 24.4. The molecule has 0 aliphatic carbocycles. The number of benzene rings is 1. The minimum atomic E-state index is -0.188. The van der Waals surface area contributed by atoms with Crippen LogP contribution in [0.25, 0.3) is 0 Å². The summed E-state index contributed by atoms with van der Waals surface area (Å²) < 4.78 is 7.65. The number of carbonyl (C=O) groups excluding carboxylic acids is 1. The molecule has 4 rings (SSSR count). The lowest BCUT2D eigenvalue weighted by Gasteiger charge is -2.39. The number of rotatable bonds is 5. The summed E-state index contributed by atoms with van der Waals surface area (Å²) in [5.74, 6) is 0.878. The van der Waals surface area contributed by atoms with E-state index in [0.717, 1.165) is 31.5 Å². The molecule has 2 atom stereocenters. The maximum atomic E-state index is 13.8. The molecule has 30 heavy (non-hydrogen) atoms. The fourth-order valence-corrected chi connectivity index (χ4v) is 5.31. The van der Waals surface area contributed by atoms with Crippen molar-refractivity contribution in [2.24, 2.45) is 0 Å². The van der Waals surface area contributed by atoms with Crippen LogP contribution in [0.3, 0.4) is 0 Å². The first kappa shape index (κ1) is 20.9. The van der Waals surface area contributed by atoms with Gasteiger partial charge in [0.25, 0.3) is 5.91 Å². The Hall–Kier alpha value is -2.34. The third-order valence-corrected chi connectivity index (χ3v) is 7.25. The van der Waals surface area contributed by atoms with Gasteiger partial charge in [0.05, 0.1) is 23.9 Å². The lowest BCUT2D eigenvalue weighted by molar-refractivity contribution is 0.0564. The summed E-state index contributed by atoms with van der Waals surface area (Å²) in [5, 5.41) is 8.28. The largest absolute Gasteiger partial charge is 0.380 e. The van der Waals surface area contributed by atoms with Crippen LogP contribution in [0.1, 0.15) is 75.3 Å². The quantitative estimate of drug-likeness (QED) is 0.783. The first-order chi connectivity index (χ1) is 14.3. The van der Waals surface area contributed by atoms with Crippen molar-refractivity contribution in [3.8, 4) is 0 Å². The van der Waals surface area contributed by atoms with Gasteiger partial charge in [0.2, 0.25) is 0 Å². The highest BCUT2D eigenvalue weighted by molar-refractivity contribution is 5.99. The molecule has 0 spiro atoms. The van der Waals surface area contributed by atoms with E-state index in [1.165, 1.54) is 5.56 Å². The molecule has 1 N–H and O–H groups in total. The van der Waals surface area contributed by atoms with Gasteiger partial charge < -0.3 is 15.0 Å². The second-order valence-corrected chi connectivity index (χ2v) is 9.35. The van der Waals surface area contributed by atoms with Crippen molar-refractivity contribution in [3.05, 3.63) is 47.7 Å². The van der Waals surface area contributed by atoms with Gasteiger partial charge >= 0.3 is 0 Å². The average Bonchev–Trinajstić information content (AvgIpc) is 3.36. The van der Waals surface area contributed by atoms with E-state index >= 15 is 0 Å². The number of hydrogen-bond donors (Lipinski definition) is 1. The van der Waals surface area contributed by atoms with Crippen LogP contribution in [0, 0.1) is 0 Å². The van der Waals surface area contributed by atoms with Crippen molar-refractivity contribution < 1.29 is 9.53 Å². The molecule has 6 heteroatoms. The van der Waals surface area contributed by atoms with E-state index in [2.05, 4.69) is 62.4 Å². The Kier molecular flexibility index (Phi) is 5.39. The number of amides is 1. The molecule has 162 valence electrons. The van der Waals surface area contributed by atoms with E-state index in [1.54, 1.807) is 13.3 Å². The van der Waals surface area contributed by atoms with Gasteiger partial charge in [-0.3, -0.25) is 4.79 Å². The lowest BCUT2D eigenvalue weighted by Crippen LogP contribution is -2.47. The van der Waals surface area contributed by atoms with Gasteiger partial charge in [0.15, 0.2) is 0 Å². The molecule has 1 aromatic heterocycles. The second-order valence-electron chi connectivity index (χ2n) is 9.35. The van der Waals surface area contributed by atoms with Gasteiger partial charge in [0.1, 0.15) is 11.4 Å². The number of anilines is 1. The number of nitrogens with zero attached hydrogens (tertiary/aromatic N) is 3. The van der Waals surface area contributed by atoms with Crippen molar-refractivity contribution in [1.82, 2.24) is 14.7 Å². The molecule has 2 unspecified atom stereocenters. The second kappa shape index (κ2) is 7.73. The standard InChI is InChI=1S/C24H34N4O2/c1-6-24(7-2)13-18(30-5)16-27(24)22(29)19-15-25-28-21(19)26-20(14-23(28,3)4)17-11-9-8-10-12-17/h8-12,15,18,20,26H,6-7,13-14,16H2,1-5H3. The summed E-state index contributed by atoms with van der Waals surface area (Å²) in [4.78, 5) is 15.8. The fraction of sp³-hybridized carbons (Fsp3) is 0.583. The predicted molar refractivity (Wildman–Crippen MR) is 119 cm³/mol. The van der Waals surface area contributed by atoms with E-state index in [0.29, 0.717) is 12.1 Å². The van der Waals surface area contributed by atoms with Crippen LogP contribution >= 0.6 is 0 Å². The molecular weight excluding hydrogens is 376 g/mol. The van der Waals surface area contributed by atoms with Crippen LogP contribution in [0.15, 0.2) is 36.5 Å². The number of aromatic nitrogens is 2. The number of likely N-dealkylation sites (tertiary alicyclic amines) is 1. The monoisotopic (exact) mass is 410 g/mol. The highest BCUT2D eigenvalue weighted by Crippen LogP contribution is 2.42. The van der Waals surface area contributed by atoms with Crippen molar-refractivity contribution in [1.29, 1.82) is 0 Å². The van der Waals surface area contributed by atoms with Crippen molar-refractivity contribution in [2.45, 2.75) is 76.6 Å². The molecule has 1 saturated heterocycles. The van der Waals surface area contributed by atoms with Gasteiger partial charge in [0, 0.05) is 19.2 Å². The SMILES string of the molecule is CCC1(CC)CC(OC)CN1C(=O)c1cnn2c1NC(c1ccccc1)CC2(C)C. The summed E-state index contributed by atoms with van der Waals surface area (Å²) in [6, 6.07) is 10.6. The zero-order valence-corrected chi connectivity index (χ0v) is 18.8. The smallest absolute Gasteiger partial charge is 0.259 e. The van der Waals surface area contributed by atoms with Gasteiger partial charge in [-0.25, -0.2) is 4.68 Å². The minimum absolute atomic E-state index is 0.0523. The zero-order valence-electron chi connectivity index (χ0n) is 18.8. The van der Waals surface area contributed by atoms with E-state index in [-0.39, 0.29) is 29.1 Å². The highest BCUT2D eigenvalue weighted by atomic mass is 16.5. The molecule has 1 fully saturated rings. The first-order valence-electron chi connectivity index (χ1n) is 11.1. The summed E-state index contributed by atoms with van der Waals surface area (Å²) >= 11 is 0. The maximum absolute atomic E-state index is 13.8. The lowest BCUT2D eigenvalue weighted by atomic mass is 9.88. The van der Waals surface area contributed by atoms with E-state index in [9.17, 15) is 4.79 Å². The predicted octanol–water partition coefficient (Wildman–Crippen LogP) is 4.59. The van der Waals surface area contributed by atoms with E-state index in [1.807, 2.05) is 15.6 Å². The van der Waals surface area contributed by atoms with Gasteiger partial charge in [-0.15, -0.1) is 0 Å². The summed E-state index contributed by atoms with van der Waals surface area (Å²) in [5.41, 5.74) is 1.54. The number of ether oxygens (including phenoxy) is 1. The van der Waals surface area contributed by atoms with Crippen molar-refractivity contribution in [2.75, 3.05) is 19.0 Å². The number of fused-ring (bicyclic) bond motifs is 1. The molecule has 2 aliphatic heterocycles. The third-order valence-electron chi connectivity index (χ3n) is 7.25. The highest BCUT2D eigenvalue weighted by Gasteiger charge is 2.47. The topological polar surface area (TPSA) is 59.4 Å². The van der Waals surface area contributed by atoms with Crippen molar-refractivity contribution in [3.63, 3.8) is 0 Å². The number of methoxy groups -OCH3 is 1. The molecule has 1 aromatic carbocycles. The van der Waals surface area contributed by atoms with Crippen LogP contribution < -0.4 is 5.32 Å². The maximum Gasteiger partial charge on any atom is 0.259 e. The fourth-order valence-electron chi connectivity index (χ4n) is 5.31. The Morgan fingerprint density at radius 3 is 2.53 bits per heavy atom. The average molecular weight is 411 g/mol. The Morgan fingerprint density at radius 2 is 1.90 bits per heavy atom. The molecule has 0 radical (unpaired) electrons. The third kappa shape index (κ3) is 3.31. The van der Waals surface area contributed by atoms with Crippen LogP contribution in [-0.2, 0) is 10.3 Å². The first-order valence-corrected chi connectivity index (χ1v) is 11.1. The summed E-state index contributed by atoms with van der Waals surface area (Å²) in [7, 11) is 1.74.